The van der Waals surface area contributed by atoms with Crippen molar-refractivity contribution < 1.29 is 9.59 Å². The van der Waals surface area contributed by atoms with Crippen molar-refractivity contribution in [3.05, 3.63) is 53.9 Å². The number of carbonyl (C=O) groups is 2. The monoisotopic (exact) mass is 259 g/mol. The Balaban J connectivity index is 2.43. The van der Waals surface area contributed by atoms with Crippen LogP contribution in [-0.2, 0) is 4.79 Å². The standard InChI is InChI=1S/C12H13N5O2/c13-11(18)9-6-7-17(16-9)10(12(19)15-14)8-4-2-1-3-5-8/h1-7,10H,14H2,(H2,13,18)(H,15,19). The van der Waals surface area contributed by atoms with Gasteiger partial charge >= 0.3 is 0 Å². The molecule has 0 aliphatic rings. The molecule has 2 amide bonds. The average molecular weight is 259 g/mol. The number of hydrazine groups is 1. The van der Waals surface area contributed by atoms with E-state index in [1.807, 2.05) is 6.07 Å². The van der Waals surface area contributed by atoms with Gasteiger partial charge in [-0.1, -0.05) is 30.3 Å². The average Bonchev–Trinajstić information content (AvgIpc) is 2.89. The second-order valence-electron chi connectivity index (χ2n) is 3.87. The normalized spacial score (nSPS) is 11.8. The zero-order valence-corrected chi connectivity index (χ0v) is 9.98. The van der Waals surface area contributed by atoms with E-state index in [4.69, 9.17) is 11.6 Å². The van der Waals surface area contributed by atoms with Gasteiger partial charge in [0.2, 0.25) is 0 Å². The Hall–Kier alpha value is -2.67. The largest absolute Gasteiger partial charge is 0.364 e. The fraction of sp³-hybridized carbons (Fsp3) is 0.0833. The van der Waals surface area contributed by atoms with Gasteiger partial charge in [-0.25, -0.2) is 5.84 Å². The third-order valence-electron chi connectivity index (χ3n) is 2.63. The summed E-state index contributed by atoms with van der Waals surface area (Å²) in [4.78, 5) is 22.9. The molecular formula is C12H13N5O2. The number of primary amides is 1. The van der Waals surface area contributed by atoms with Crippen molar-refractivity contribution in [1.29, 1.82) is 0 Å². The third-order valence-corrected chi connectivity index (χ3v) is 2.63. The van der Waals surface area contributed by atoms with E-state index >= 15 is 0 Å². The van der Waals surface area contributed by atoms with E-state index < -0.39 is 17.9 Å². The number of benzene rings is 1. The molecule has 0 spiro atoms. The molecule has 1 aromatic carbocycles. The number of rotatable bonds is 4. The highest BCUT2D eigenvalue weighted by Gasteiger charge is 2.23. The summed E-state index contributed by atoms with van der Waals surface area (Å²) in [6.07, 6.45) is 1.51. The van der Waals surface area contributed by atoms with E-state index in [1.165, 1.54) is 16.9 Å². The zero-order chi connectivity index (χ0) is 13.8. The quantitative estimate of drug-likeness (QED) is 0.392. The minimum atomic E-state index is -0.751. The molecule has 1 aromatic heterocycles. The number of amides is 2. The summed E-state index contributed by atoms with van der Waals surface area (Å²) in [5.41, 5.74) is 8.01. The van der Waals surface area contributed by atoms with Crippen LogP contribution in [0.25, 0.3) is 0 Å². The highest BCUT2D eigenvalue weighted by Crippen LogP contribution is 2.17. The van der Waals surface area contributed by atoms with Crippen LogP contribution < -0.4 is 17.0 Å². The molecule has 0 radical (unpaired) electrons. The summed E-state index contributed by atoms with van der Waals surface area (Å²) < 4.78 is 1.34. The first kappa shape index (κ1) is 12.8. The first-order chi connectivity index (χ1) is 9.13. The molecular weight excluding hydrogens is 246 g/mol. The third kappa shape index (κ3) is 2.61. The summed E-state index contributed by atoms with van der Waals surface area (Å²) >= 11 is 0. The van der Waals surface area contributed by atoms with E-state index in [0.717, 1.165) is 0 Å². The number of hydrogen-bond acceptors (Lipinski definition) is 4. The van der Waals surface area contributed by atoms with E-state index in [1.54, 1.807) is 24.3 Å². The van der Waals surface area contributed by atoms with Crippen molar-refractivity contribution in [3.8, 4) is 0 Å². The summed E-state index contributed by atoms with van der Waals surface area (Å²) in [5.74, 6) is 4.09. The number of aromatic nitrogens is 2. The van der Waals surface area contributed by atoms with Gasteiger partial charge in [-0.3, -0.25) is 19.7 Å². The molecule has 7 nitrogen and oxygen atoms in total. The molecule has 0 fully saturated rings. The molecule has 0 aliphatic heterocycles. The molecule has 0 aliphatic carbocycles. The SMILES string of the molecule is NNC(=O)C(c1ccccc1)n1ccc(C(N)=O)n1. The zero-order valence-electron chi connectivity index (χ0n) is 9.98. The van der Waals surface area contributed by atoms with Gasteiger partial charge in [-0.05, 0) is 11.6 Å². The Morgan fingerprint density at radius 3 is 2.42 bits per heavy atom. The Labute approximate surface area is 109 Å². The van der Waals surface area contributed by atoms with Gasteiger partial charge in [-0.15, -0.1) is 0 Å². The van der Waals surface area contributed by atoms with Crippen LogP contribution in [0.5, 0.6) is 0 Å². The lowest BCUT2D eigenvalue weighted by Gasteiger charge is -2.16. The van der Waals surface area contributed by atoms with Crippen LogP contribution in [0.1, 0.15) is 22.1 Å². The Kier molecular flexibility index (Phi) is 3.58. The van der Waals surface area contributed by atoms with E-state index in [2.05, 4.69) is 10.5 Å². The maximum Gasteiger partial charge on any atom is 0.269 e. The van der Waals surface area contributed by atoms with Crippen LogP contribution in [0.3, 0.4) is 0 Å². The molecule has 7 heteroatoms. The topological polar surface area (TPSA) is 116 Å². The molecule has 2 aromatic rings. The van der Waals surface area contributed by atoms with Gasteiger partial charge in [0, 0.05) is 6.20 Å². The van der Waals surface area contributed by atoms with Crippen LogP contribution in [0.15, 0.2) is 42.6 Å². The molecule has 0 saturated heterocycles. The number of carbonyl (C=O) groups excluding carboxylic acids is 2. The Bertz CT molecular complexity index is 593. The van der Waals surface area contributed by atoms with Gasteiger partial charge in [-0.2, -0.15) is 5.10 Å². The molecule has 1 atom stereocenters. The minimum absolute atomic E-state index is 0.0887. The summed E-state index contributed by atoms with van der Waals surface area (Å²) in [6, 6.07) is 9.66. The van der Waals surface area contributed by atoms with Crippen LogP contribution in [0.2, 0.25) is 0 Å². The lowest BCUT2D eigenvalue weighted by molar-refractivity contribution is -0.123. The van der Waals surface area contributed by atoms with E-state index in [9.17, 15) is 9.59 Å². The van der Waals surface area contributed by atoms with Crippen molar-refractivity contribution in [2.75, 3.05) is 0 Å². The number of nitrogens with one attached hydrogen (secondary N) is 1. The van der Waals surface area contributed by atoms with Gasteiger partial charge in [0.05, 0.1) is 0 Å². The lowest BCUT2D eigenvalue weighted by atomic mass is 10.1. The first-order valence-corrected chi connectivity index (χ1v) is 5.54. The lowest BCUT2D eigenvalue weighted by Crippen LogP contribution is -2.38. The van der Waals surface area contributed by atoms with Crippen LogP contribution in [0.4, 0.5) is 0 Å². The maximum atomic E-state index is 11.9. The van der Waals surface area contributed by atoms with Crippen molar-refractivity contribution in [2.24, 2.45) is 11.6 Å². The van der Waals surface area contributed by atoms with Gasteiger partial charge < -0.3 is 5.73 Å². The molecule has 2 rings (SSSR count). The van der Waals surface area contributed by atoms with Crippen molar-refractivity contribution in [1.82, 2.24) is 15.2 Å². The van der Waals surface area contributed by atoms with Crippen molar-refractivity contribution >= 4 is 11.8 Å². The van der Waals surface area contributed by atoms with Crippen LogP contribution in [0, 0.1) is 0 Å². The molecule has 98 valence electrons. The van der Waals surface area contributed by atoms with E-state index in [-0.39, 0.29) is 5.69 Å². The van der Waals surface area contributed by atoms with Crippen molar-refractivity contribution in [3.63, 3.8) is 0 Å². The fourth-order valence-corrected chi connectivity index (χ4v) is 1.75. The summed E-state index contributed by atoms with van der Waals surface area (Å²) in [6.45, 7) is 0. The van der Waals surface area contributed by atoms with Crippen LogP contribution in [-0.4, -0.2) is 21.6 Å². The molecule has 0 saturated carbocycles. The predicted molar refractivity (Wildman–Crippen MR) is 67.7 cm³/mol. The predicted octanol–water partition coefficient (Wildman–Crippen LogP) is -0.439. The first-order valence-electron chi connectivity index (χ1n) is 5.54. The molecule has 1 unspecified atom stereocenters. The molecule has 5 N–H and O–H groups in total. The smallest absolute Gasteiger partial charge is 0.269 e. The van der Waals surface area contributed by atoms with Crippen LogP contribution >= 0.6 is 0 Å². The Morgan fingerprint density at radius 2 is 1.89 bits per heavy atom. The van der Waals surface area contributed by atoms with Crippen molar-refractivity contribution in [2.45, 2.75) is 6.04 Å². The van der Waals surface area contributed by atoms with E-state index in [0.29, 0.717) is 5.56 Å². The summed E-state index contributed by atoms with van der Waals surface area (Å²) in [7, 11) is 0. The number of nitrogens with two attached hydrogens (primary N) is 2. The molecule has 1 heterocycles. The Morgan fingerprint density at radius 1 is 1.21 bits per heavy atom. The molecule has 19 heavy (non-hydrogen) atoms. The number of hydrogen-bond donors (Lipinski definition) is 3. The highest BCUT2D eigenvalue weighted by molar-refractivity contribution is 5.90. The summed E-state index contributed by atoms with van der Waals surface area (Å²) in [5, 5.41) is 3.98. The second kappa shape index (κ2) is 5.32. The van der Waals surface area contributed by atoms with Gasteiger partial charge in [0.15, 0.2) is 6.04 Å². The van der Waals surface area contributed by atoms with Gasteiger partial charge in [0.25, 0.3) is 11.8 Å². The fourth-order valence-electron chi connectivity index (χ4n) is 1.75. The highest BCUT2D eigenvalue weighted by atomic mass is 16.2. The minimum Gasteiger partial charge on any atom is -0.364 e. The number of nitrogens with zero attached hydrogens (tertiary/aromatic N) is 2. The second-order valence-corrected chi connectivity index (χ2v) is 3.87. The maximum absolute atomic E-state index is 11.9. The molecule has 0 bridgehead atoms. The van der Waals surface area contributed by atoms with Gasteiger partial charge in [0.1, 0.15) is 5.69 Å².